The van der Waals surface area contributed by atoms with Crippen LogP contribution in [-0.2, 0) is 14.3 Å². The van der Waals surface area contributed by atoms with Gasteiger partial charge < -0.3 is 19.9 Å². The molecular formula is C12H15NO5. The summed E-state index contributed by atoms with van der Waals surface area (Å²) in [5, 5.41) is 11.2. The zero-order valence-electron chi connectivity index (χ0n) is 10.0. The van der Waals surface area contributed by atoms with E-state index in [2.05, 4.69) is 5.32 Å². The summed E-state index contributed by atoms with van der Waals surface area (Å²) < 4.78 is 9.85. The molecule has 0 atom stereocenters. The molecule has 1 aromatic rings. The largest absolute Gasteiger partial charge is 0.480 e. The first-order valence-electron chi connectivity index (χ1n) is 5.36. The van der Waals surface area contributed by atoms with Gasteiger partial charge in [-0.2, -0.15) is 0 Å². The number of carboxylic acids is 1. The second-order valence-corrected chi connectivity index (χ2v) is 3.47. The first kappa shape index (κ1) is 14.0. The van der Waals surface area contributed by atoms with Crippen LogP contribution in [0.1, 0.15) is 6.42 Å². The predicted octanol–water partition coefficient (Wildman–Crippen LogP) is 1.12. The topological polar surface area (TPSA) is 84.9 Å². The van der Waals surface area contributed by atoms with Gasteiger partial charge in [-0.1, -0.05) is 12.1 Å². The van der Waals surface area contributed by atoms with E-state index in [4.69, 9.17) is 14.6 Å². The maximum Gasteiger partial charge on any atom is 0.341 e. The average Bonchev–Trinajstić information content (AvgIpc) is 2.35. The number of ether oxygens (including phenoxy) is 2. The summed E-state index contributed by atoms with van der Waals surface area (Å²) in [7, 11) is 1.51. The van der Waals surface area contributed by atoms with Crippen LogP contribution in [0.3, 0.4) is 0 Å². The van der Waals surface area contributed by atoms with E-state index >= 15 is 0 Å². The summed E-state index contributed by atoms with van der Waals surface area (Å²) in [4.78, 5) is 21.9. The summed E-state index contributed by atoms with van der Waals surface area (Å²) in [6.45, 7) is -0.130. The molecular weight excluding hydrogens is 238 g/mol. The Kier molecular flexibility index (Phi) is 5.66. The molecule has 1 aromatic carbocycles. The maximum absolute atomic E-state index is 11.5. The number of anilines is 1. The van der Waals surface area contributed by atoms with E-state index < -0.39 is 12.6 Å². The van der Waals surface area contributed by atoms with Crippen LogP contribution in [-0.4, -0.2) is 37.3 Å². The molecule has 98 valence electrons. The number of carbonyl (C=O) groups is 2. The molecule has 0 aromatic heterocycles. The Morgan fingerprint density at radius 2 is 2.06 bits per heavy atom. The van der Waals surface area contributed by atoms with E-state index in [1.807, 2.05) is 0 Å². The highest BCUT2D eigenvalue weighted by Gasteiger charge is 2.08. The van der Waals surface area contributed by atoms with Gasteiger partial charge in [-0.15, -0.1) is 0 Å². The highest BCUT2D eigenvalue weighted by Crippen LogP contribution is 2.23. The van der Waals surface area contributed by atoms with Crippen LogP contribution in [0.2, 0.25) is 0 Å². The first-order valence-corrected chi connectivity index (χ1v) is 5.36. The summed E-state index contributed by atoms with van der Waals surface area (Å²) >= 11 is 0. The van der Waals surface area contributed by atoms with E-state index in [-0.39, 0.29) is 12.3 Å². The number of methoxy groups -OCH3 is 1. The number of carboxylic acid groups (broad SMARTS) is 1. The first-order chi connectivity index (χ1) is 8.63. The Balaban J connectivity index is 2.63. The summed E-state index contributed by atoms with van der Waals surface area (Å²) in [6.07, 6.45) is 0.226. The van der Waals surface area contributed by atoms with Crippen molar-refractivity contribution in [3.05, 3.63) is 24.3 Å². The van der Waals surface area contributed by atoms with E-state index in [1.165, 1.54) is 7.11 Å². The molecule has 0 heterocycles. The molecule has 0 aliphatic heterocycles. The van der Waals surface area contributed by atoms with Crippen molar-refractivity contribution in [3.8, 4) is 5.75 Å². The van der Waals surface area contributed by atoms with Gasteiger partial charge in [0.05, 0.1) is 18.7 Å². The van der Waals surface area contributed by atoms with Crippen LogP contribution >= 0.6 is 0 Å². The molecule has 1 amide bonds. The molecule has 0 saturated heterocycles. The van der Waals surface area contributed by atoms with Gasteiger partial charge in [0, 0.05) is 7.11 Å². The van der Waals surface area contributed by atoms with Crippen molar-refractivity contribution in [2.24, 2.45) is 0 Å². The van der Waals surface area contributed by atoms with Gasteiger partial charge in [-0.05, 0) is 12.1 Å². The van der Waals surface area contributed by atoms with Crippen molar-refractivity contribution in [1.82, 2.24) is 0 Å². The second kappa shape index (κ2) is 7.29. The van der Waals surface area contributed by atoms with Gasteiger partial charge in [-0.25, -0.2) is 4.79 Å². The number of hydrogen-bond donors (Lipinski definition) is 2. The average molecular weight is 253 g/mol. The highest BCUT2D eigenvalue weighted by molar-refractivity contribution is 5.92. The lowest BCUT2D eigenvalue weighted by Gasteiger charge is -2.10. The molecule has 0 fully saturated rings. The normalized spacial score (nSPS) is 9.83. The minimum Gasteiger partial charge on any atom is -0.480 e. The zero-order valence-corrected chi connectivity index (χ0v) is 10.0. The molecule has 6 heteroatoms. The van der Waals surface area contributed by atoms with Crippen LogP contribution in [0.5, 0.6) is 5.75 Å². The third-order valence-corrected chi connectivity index (χ3v) is 2.05. The van der Waals surface area contributed by atoms with Crippen LogP contribution in [0.15, 0.2) is 24.3 Å². The molecule has 2 N–H and O–H groups in total. The Labute approximate surface area is 105 Å². The fraction of sp³-hybridized carbons (Fsp3) is 0.333. The number of carbonyl (C=O) groups excluding carboxylic acids is 1. The van der Waals surface area contributed by atoms with Crippen LogP contribution in [0, 0.1) is 0 Å². The van der Waals surface area contributed by atoms with Gasteiger partial charge in [0.1, 0.15) is 5.75 Å². The molecule has 0 bridgehead atoms. The Morgan fingerprint density at radius 3 is 2.72 bits per heavy atom. The van der Waals surface area contributed by atoms with Gasteiger partial charge in [-0.3, -0.25) is 4.79 Å². The molecule has 0 aliphatic carbocycles. The summed E-state index contributed by atoms with van der Waals surface area (Å²) in [5.74, 6) is -0.968. The van der Waals surface area contributed by atoms with Crippen LogP contribution < -0.4 is 10.1 Å². The van der Waals surface area contributed by atoms with Crippen LogP contribution in [0.4, 0.5) is 5.69 Å². The van der Waals surface area contributed by atoms with Gasteiger partial charge in [0.25, 0.3) is 0 Å². The summed E-state index contributed by atoms with van der Waals surface area (Å²) in [5.41, 5.74) is 0.444. The Bertz CT molecular complexity index is 419. The molecule has 0 saturated carbocycles. The van der Waals surface area contributed by atoms with Gasteiger partial charge in [0.15, 0.2) is 6.61 Å². The minimum absolute atomic E-state index is 0.219. The van der Waals surface area contributed by atoms with E-state index in [9.17, 15) is 9.59 Å². The molecule has 1 rings (SSSR count). The lowest BCUT2D eigenvalue weighted by molar-refractivity contribution is -0.139. The third-order valence-electron chi connectivity index (χ3n) is 2.05. The Hall–Kier alpha value is -2.08. The number of rotatable bonds is 7. The molecule has 0 radical (unpaired) electrons. The van der Waals surface area contributed by atoms with Crippen molar-refractivity contribution < 1.29 is 24.2 Å². The number of benzene rings is 1. The molecule has 0 aliphatic rings. The number of amides is 1. The van der Waals surface area contributed by atoms with E-state index in [0.717, 1.165) is 0 Å². The molecule has 6 nitrogen and oxygen atoms in total. The second-order valence-electron chi connectivity index (χ2n) is 3.47. The molecule has 18 heavy (non-hydrogen) atoms. The smallest absolute Gasteiger partial charge is 0.341 e. The fourth-order valence-corrected chi connectivity index (χ4v) is 1.24. The maximum atomic E-state index is 11.5. The SMILES string of the molecule is COCCC(=O)Nc1ccccc1OCC(=O)O. The minimum atomic E-state index is -1.07. The molecule has 0 spiro atoms. The lowest BCUT2D eigenvalue weighted by Crippen LogP contribution is -2.15. The summed E-state index contributed by atoms with van der Waals surface area (Å²) in [6, 6.07) is 6.65. The van der Waals surface area contributed by atoms with E-state index in [0.29, 0.717) is 18.0 Å². The van der Waals surface area contributed by atoms with Gasteiger partial charge in [0.2, 0.25) is 5.91 Å². The van der Waals surface area contributed by atoms with E-state index in [1.54, 1.807) is 24.3 Å². The predicted molar refractivity (Wildman–Crippen MR) is 64.7 cm³/mol. The standard InChI is InChI=1S/C12H15NO5/c1-17-7-6-11(14)13-9-4-2-3-5-10(9)18-8-12(15)16/h2-5H,6-8H2,1H3,(H,13,14)(H,15,16). The monoisotopic (exact) mass is 253 g/mol. The van der Waals surface area contributed by atoms with Crippen molar-refractivity contribution in [2.75, 3.05) is 25.6 Å². The number of hydrogen-bond acceptors (Lipinski definition) is 4. The van der Waals surface area contributed by atoms with Crippen molar-refractivity contribution in [2.45, 2.75) is 6.42 Å². The Morgan fingerprint density at radius 1 is 1.33 bits per heavy atom. The van der Waals surface area contributed by atoms with Crippen molar-refractivity contribution in [3.63, 3.8) is 0 Å². The number of para-hydroxylation sites is 2. The number of nitrogens with one attached hydrogen (secondary N) is 1. The number of aliphatic carboxylic acids is 1. The fourth-order valence-electron chi connectivity index (χ4n) is 1.24. The zero-order chi connectivity index (χ0) is 13.4. The van der Waals surface area contributed by atoms with Crippen molar-refractivity contribution >= 4 is 17.6 Å². The van der Waals surface area contributed by atoms with Gasteiger partial charge >= 0.3 is 5.97 Å². The van der Waals surface area contributed by atoms with Crippen molar-refractivity contribution in [1.29, 1.82) is 0 Å². The highest BCUT2D eigenvalue weighted by atomic mass is 16.5. The quantitative estimate of drug-likeness (QED) is 0.760. The van der Waals surface area contributed by atoms with Crippen LogP contribution in [0.25, 0.3) is 0 Å². The molecule has 0 unspecified atom stereocenters. The lowest BCUT2D eigenvalue weighted by atomic mass is 10.3. The third kappa shape index (κ3) is 4.84.